The van der Waals surface area contributed by atoms with Crippen LogP contribution in [0.25, 0.3) is 0 Å². The van der Waals surface area contributed by atoms with E-state index in [0.717, 1.165) is 30.6 Å². The second-order valence-corrected chi connectivity index (χ2v) is 6.89. The number of carbonyl (C=O) groups is 2. The molecular weight excluding hydrogens is 332 g/mol. The van der Waals surface area contributed by atoms with Gasteiger partial charge in [0.2, 0.25) is 0 Å². The lowest BCUT2D eigenvalue weighted by Gasteiger charge is -2.24. The van der Waals surface area contributed by atoms with Crippen molar-refractivity contribution in [2.45, 2.75) is 39.2 Å². The molecule has 2 saturated heterocycles. The van der Waals surface area contributed by atoms with Crippen molar-refractivity contribution in [2.24, 2.45) is 0 Å². The van der Waals surface area contributed by atoms with Crippen molar-refractivity contribution >= 4 is 11.8 Å². The zero-order valence-electron chi connectivity index (χ0n) is 15.7. The number of carbonyl (C=O) groups excluding carboxylic acids is 2. The van der Waals surface area contributed by atoms with E-state index in [1.165, 1.54) is 0 Å². The molecule has 0 spiro atoms. The van der Waals surface area contributed by atoms with Crippen LogP contribution in [0.5, 0.6) is 5.75 Å². The van der Waals surface area contributed by atoms with Crippen LogP contribution in [-0.2, 0) is 9.53 Å². The highest BCUT2D eigenvalue weighted by Gasteiger charge is 2.30. The van der Waals surface area contributed by atoms with Gasteiger partial charge in [0, 0.05) is 38.3 Å². The molecule has 142 valence electrons. The average Bonchev–Trinajstić information content (AvgIpc) is 3.07. The van der Waals surface area contributed by atoms with Crippen molar-refractivity contribution in [2.75, 3.05) is 39.4 Å². The van der Waals surface area contributed by atoms with Gasteiger partial charge >= 0.3 is 0 Å². The number of benzene rings is 1. The number of ether oxygens (including phenoxy) is 2. The van der Waals surface area contributed by atoms with Crippen LogP contribution in [0.2, 0.25) is 0 Å². The van der Waals surface area contributed by atoms with Crippen LogP contribution in [0.4, 0.5) is 0 Å². The smallest absolute Gasteiger partial charge is 0.253 e. The summed E-state index contributed by atoms with van der Waals surface area (Å²) < 4.78 is 11.1. The quantitative estimate of drug-likeness (QED) is 0.826. The topological polar surface area (TPSA) is 59.1 Å². The Morgan fingerprint density at radius 1 is 1.15 bits per heavy atom. The molecule has 6 heteroatoms. The van der Waals surface area contributed by atoms with E-state index in [2.05, 4.69) is 0 Å². The number of amides is 2. The predicted molar refractivity (Wildman–Crippen MR) is 98.4 cm³/mol. The Hall–Kier alpha value is -2.08. The molecule has 2 aliphatic heterocycles. The summed E-state index contributed by atoms with van der Waals surface area (Å²) in [6, 6.07) is 5.56. The minimum absolute atomic E-state index is 0.0163. The Kier molecular flexibility index (Phi) is 6.14. The Labute approximate surface area is 155 Å². The first kappa shape index (κ1) is 18.7. The average molecular weight is 360 g/mol. The van der Waals surface area contributed by atoms with E-state index in [-0.39, 0.29) is 17.9 Å². The van der Waals surface area contributed by atoms with E-state index in [0.29, 0.717) is 45.0 Å². The van der Waals surface area contributed by atoms with Crippen LogP contribution in [-0.4, -0.2) is 67.1 Å². The molecule has 1 aromatic carbocycles. The minimum atomic E-state index is -0.286. The number of nitrogens with zero attached hydrogens (tertiary/aromatic N) is 2. The van der Waals surface area contributed by atoms with Crippen LogP contribution in [0.3, 0.4) is 0 Å². The molecule has 2 amide bonds. The first-order valence-electron chi connectivity index (χ1n) is 9.53. The molecule has 1 unspecified atom stereocenters. The standard InChI is InChI=1S/C20H28N2O4/c1-3-25-17-8-7-16(14-15(17)2)19(23)21-9-5-10-22(12-11-21)20(24)18-6-4-13-26-18/h7-8,14,18H,3-6,9-13H2,1-2H3. The Morgan fingerprint density at radius 3 is 2.62 bits per heavy atom. The molecule has 26 heavy (non-hydrogen) atoms. The third-order valence-corrected chi connectivity index (χ3v) is 5.02. The zero-order chi connectivity index (χ0) is 18.5. The summed E-state index contributed by atoms with van der Waals surface area (Å²) in [6.07, 6.45) is 2.27. The van der Waals surface area contributed by atoms with Gasteiger partial charge in [-0.2, -0.15) is 0 Å². The van der Waals surface area contributed by atoms with Gasteiger partial charge in [-0.05, 0) is 56.9 Å². The van der Waals surface area contributed by atoms with Crippen molar-refractivity contribution in [1.29, 1.82) is 0 Å². The summed E-state index contributed by atoms with van der Waals surface area (Å²) in [5.41, 5.74) is 1.63. The lowest BCUT2D eigenvalue weighted by atomic mass is 10.1. The molecule has 0 radical (unpaired) electrons. The molecule has 3 rings (SSSR count). The summed E-state index contributed by atoms with van der Waals surface area (Å²) in [4.78, 5) is 29.1. The molecule has 2 heterocycles. The molecule has 6 nitrogen and oxygen atoms in total. The van der Waals surface area contributed by atoms with Gasteiger partial charge in [0.15, 0.2) is 0 Å². The summed E-state index contributed by atoms with van der Waals surface area (Å²) in [5, 5.41) is 0. The monoisotopic (exact) mass is 360 g/mol. The molecule has 0 aliphatic carbocycles. The van der Waals surface area contributed by atoms with Crippen LogP contribution in [0, 0.1) is 6.92 Å². The largest absolute Gasteiger partial charge is 0.494 e. The van der Waals surface area contributed by atoms with Gasteiger partial charge in [-0.15, -0.1) is 0 Å². The van der Waals surface area contributed by atoms with Crippen molar-refractivity contribution in [1.82, 2.24) is 9.80 Å². The summed E-state index contributed by atoms with van der Waals surface area (Å²) in [7, 11) is 0. The van der Waals surface area contributed by atoms with E-state index < -0.39 is 0 Å². The molecule has 0 saturated carbocycles. The number of hydrogen-bond acceptors (Lipinski definition) is 4. The lowest BCUT2D eigenvalue weighted by Crippen LogP contribution is -2.41. The van der Waals surface area contributed by atoms with Crippen molar-refractivity contribution < 1.29 is 19.1 Å². The number of rotatable bonds is 4. The van der Waals surface area contributed by atoms with Gasteiger partial charge in [0.1, 0.15) is 11.9 Å². The highest BCUT2D eigenvalue weighted by molar-refractivity contribution is 5.94. The number of aryl methyl sites for hydroxylation is 1. The van der Waals surface area contributed by atoms with Gasteiger partial charge in [-0.25, -0.2) is 0 Å². The Balaban J connectivity index is 1.62. The van der Waals surface area contributed by atoms with E-state index in [1.54, 1.807) is 0 Å². The highest BCUT2D eigenvalue weighted by atomic mass is 16.5. The van der Waals surface area contributed by atoms with E-state index in [4.69, 9.17) is 9.47 Å². The van der Waals surface area contributed by atoms with Gasteiger partial charge in [0.25, 0.3) is 11.8 Å². The predicted octanol–water partition coefficient (Wildman–Crippen LogP) is 2.25. The highest BCUT2D eigenvalue weighted by Crippen LogP contribution is 2.21. The molecule has 0 bridgehead atoms. The van der Waals surface area contributed by atoms with Gasteiger partial charge in [0.05, 0.1) is 6.61 Å². The molecular formula is C20H28N2O4. The number of hydrogen-bond donors (Lipinski definition) is 0. The normalized spacial score (nSPS) is 20.8. The van der Waals surface area contributed by atoms with Crippen LogP contribution in [0.1, 0.15) is 42.1 Å². The van der Waals surface area contributed by atoms with Crippen molar-refractivity contribution in [3.8, 4) is 5.75 Å². The van der Waals surface area contributed by atoms with E-state index >= 15 is 0 Å². The van der Waals surface area contributed by atoms with Gasteiger partial charge < -0.3 is 19.3 Å². The van der Waals surface area contributed by atoms with E-state index in [1.807, 2.05) is 41.8 Å². The maximum atomic E-state index is 12.9. The second-order valence-electron chi connectivity index (χ2n) is 6.89. The summed E-state index contributed by atoms with van der Waals surface area (Å²) in [5.74, 6) is 0.907. The lowest BCUT2D eigenvalue weighted by molar-refractivity contribution is -0.140. The minimum Gasteiger partial charge on any atom is -0.494 e. The first-order valence-corrected chi connectivity index (χ1v) is 9.53. The van der Waals surface area contributed by atoms with Crippen LogP contribution in [0.15, 0.2) is 18.2 Å². The van der Waals surface area contributed by atoms with Crippen LogP contribution >= 0.6 is 0 Å². The fourth-order valence-corrected chi connectivity index (χ4v) is 3.60. The maximum absolute atomic E-state index is 12.9. The van der Waals surface area contributed by atoms with Crippen LogP contribution < -0.4 is 4.74 Å². The molecule has 0 aromatic heterocycles. The molecule has 2 fully saturated rings. The second kappa shape index (κ2) is 8.54. The molecule has 1 atom stereocenters. The third-order valence-electron chi connectivity index (χ3n) is 5.02. The first-order chi connectivity index (χ1) is 12.6. The maximum Gasteiger partial charge on any atom is 0.253 e. The molecule has 2 aliphatic rings. The molecule has 1 aromatic rings. The Morgan fingerprint density at radius 2 is 1.92 bits per heavy atom. The summed E-state index contributed by atoms with van der Waals surface area (Å²) in [6.45, 7) is 7.65. The van der Waals surface area contributed by atoms with Gasteiger partial charge in [-0.1, -0.05) is 0 Å². The fourth-order valence-electron chi connectivity index (χ4n) is 3.60. The fraction of sp³-hybridized carbons (Fsp3) is 0.600. The Bertz CT molecular complexity index is 655. The SMILES string of the molecule is CCOc1ccc(C(=O)N2CCCN(C(=O)C3CCCO3)CC2)cc1C. The van der Waals surface area contributed by atoms with Crippen molar-refractivity contribution in [3.05, 3.63) is 29.3 Å². The molecule has 0 N–H and O–H groups in total. The zero-order valence-corrected chi connectivity index (χ0v) is 15.7. The van der Waals surface area contributed by atoms with Gasteiger partial charge in [-0.3, -0.25) is 9.59 Å². The van der Waals surface area contributed by atoms with Crippen molar-refractivity contribution in [3.63, 3.8) is 0 Å². The third kappa shape index (κ3) is 4.18. The van der Waals surface area contributed by atoms with E-state index in [9.17, 15) is 9.59 Å². The summed E-state index contributed by atoms with van der Waals surface area (Å²) >= 11 is 0.